The van der Waals surface area contributed by atoms with Gasteiger partial charge in [0, 0.05) is 19.3 Å². The molecule has 0 fully saturated rings. The van der Waals surface area contributed by atoms with Crippen LogP contribution in [0.5, 0.6) is 0 Å². The van der Waals surface area contributed by atoms with Gasteiger partial charge in [-0.15, -0.1) is 0 Å². The predicted octanol–water partition coefficient (Wildman–Crippen LogP) is 11.8. The summed E-state index contributed by atoms with van der Waals surface area (Å²) in [5.74, 6) is -1.85. The van der Waals surface area contributed by atoms with Crippen molar-refractivity contribution >= 4 is 17.9 Å². The second-order valence-electron chi connectivity index (χ2n) is 16.6. The first-order chi connectivity index (χ1) is 28.6. The zero-order chi connectivity index (χ0) is 43.5. The molecule has 59 heavy (non-hydrogen) atoms. The molecule has 0 radical (unpaired) electrons. The normalized spacial score (nSPS) is 13.6. The molecule has 0 bridgehead atoms. The fraction of sp³-hybridized carbons (Fsp3) is 0.706. The summed E-state index contributed by atoms with van der Waals surface area (Å²) in [6.07, 6.45) is 52.3. The highest BCUT2D eigenvalue weighted by atomic mass is 16.6. The molecule has 8 nitrogen and oxygen atoms in total. The minimum atomic E-state index is -1.14. The summed E-state index contributed by atoms with van der Waals surface area (Å²) in [6.45, 7) is 4.46. The lowest BCUT2D eigenvalue weighted by Crippen LogP contribution is -2.55. The quantitative estimate of drug-likeness (QED) is 0.0262. The highest BCUT2D eigenvalue weighted by molar-refractivity contribution is 5.70. The van der Waals surface area contributed by atoms with E-state index in [9.17, 15) is 19.5 Å². The SMILES string of the molecule is CC/C=C/C/C=C/C/C=C/C/C=C/C/C=C/CCC(=O)OC(COCCC(C(=O)[O-])[N+](C)(C)C)COC(=O)CCCCCCCCC/C=C/CCCCCCCCCC. The summed E-state index contributed by atoms with van der Waals surface area (Å²) in [7, 11) is 5.38. The Labute approximate surface area is 361 Å². The van der Waals surface area contributed by atoms with E-state index in [4.69, 9.17) is 14.2 Å². The Bertz CT molecular complexity index is 1190. The predicted molar refractivity (Wildman–Crippen MR) is 245 cm³/mol. The molecule has 0 aliphatic heterocycles. The van der Waals surface area contributed by atoms with Crippen LogP contribution in [0.2, 0.25) is 0 Å². The monoisotopic (exact) mass is 826 g/mol. The summed E-state index contributed by atoms with van der Waals surface area (Å²) < 4.78 is 17.1. The van der Waals surface area contributed by atoms with E-state index in [0.717, 1.165) is 51.4 Å². The first kappa shape index (κ1) is 55.8. The van der Waals surface area contributed by atoms with E-state index in [1.54, 1.807) is 21.1 Å². The van der Waals surface area contributed by atoms with Gasteiger partial charge in [-0.3, -0.25) is 9.59 Å². The molecule has 0 rings (SSSR count). The van der Waals surface area contributed by atoms with Gasteiger partial charge < -0.3 is 28.6 Å². The van der Waals surface area contributed by atoms with Crippen LogP contribution in [0.1, 0.15) is 181 Å². The zero-order valence-electron chi connectivity index (χ0n) is 38.4. The number of quaternary nitrogens is 1. The lowest BCUT2D eigenvalue weighted by atomic mass is 10.1. The van der Waals surface area contributed by atoms with Gasteiger partial charge in [-0.05, 0) is 70.6 Å². The van der Waals surface area contributed by atoms with Crippen molar-refractivity contribution in [1.82, 2.24) is 0 Å². The number of nitrogens with zero attached hydrogens (tertiary/aromatic N) is 1. The molecule has 0 aromatic rings. The van der Waals surface area contributed by atoms with E-state index in [1.807, 2.05) is 12.2 Å². The lowest BCUT2D eigenvalue weighted by Gasteiger charge is -2.34. The smallest absolute Gasteiger partial charge is 0.306 e. The number of aliphatic carboxylic acids is 1. The molecule has 8 heteroatoms. The Morgan fingerprint density at radius 2 is 0.983 bits per heavy atom. The molecule has 2 atom stereocenters. The van der Waals surface area contributed by atoms with Gasteiger partial charge in [-0.2, -0.15) is 0 Å². The van der Waals surface area contributed by atoms with Gasteiger partial charge in [0.15, 0.2) is 6.10 Å². The number of unbranched alkanes of at least 4 members (excludes halogenated alkanes) is 15. The van der Waals surface area contributed by atoms with Crippen LogP contribution < -0.4 is 5.11 Å². The Kier molecular flexibility index (Phi) is 39.2. The number of allylic oxidation sites excluding steroid dienone is 12. The van der Waals surface area contributed by atoms with E-state index >= 15 is 0 Å². The molecule has 0 aromatic carbocycles. The van der Waals surface area contributed by atoms with Gasteiger partial charge >= 0.3 is 11.9 Å². The highest BCUT2D eigenvalue weighted by Crippen LogP contribution is 2.13. The second-order valence-corrected chi connectivity index (χ2v) is 16.6. The van der Waals surface area contributed by atoms with Gasteiger partial charge in [0.1, 0.15) is 12.6 Å². The van der Waals surface area contributed by atoms with E-state index < -0.39 is 24.1 Å². The largest absolute Gasteiger partial charge is 0.544 e. The van der Waals surface area contributed by atoms with Crippen LogP contribution in [0.3, 0.4) is 0 Å². The maximum Gasteiger partial charge on any atom is 0.306 e. The fourth-order valence-electron chi connectivity index (χ4n) is 6.47. The number of carboxylic acid groups (broad SMARTS) is 1. The molecular weight excluding hydrogens is 739 g/mol. The maximum absolute atomic E-state index is 12.7. The molecular formula is C51H87NO7. The minimum absolute atomic E-state index is 0.00659. The van der Waals surface area contributed by atoms with Gasteiger partial charge in [0.05, 0.1) is 40.3 Å². The van der Waals surface area contributed by atoms with E-state index in [-0.39, 0.29) is 43.1 Å². The third kappa shape index (κ3) is 40.0. The topological polar surface area (TPSA) is 102 Å². The molecule has 0 amide bonds. The van der Waals surface area contributed by atoms with Crippen molar-refractivity contribution in [2.75, 3.05) is 41.0 Å². The number of ether oxygens (including phenoxy) is 3. The van der Waals surface area contributed by atoms with Crippen molar-refractivity contribution < 1.29 is 38.2 Å². The minimum Gasteiger partial charge on any atom is -0.544 e. The Morgan fingerprint density at radius 1 is 0.525 bits per heavy atom. The average molecular weight is 826 g/mol. The van der Waals surface area contributed by atoms with Crippen molar-refractivity contribution in [3.63, 3.8) is 0 Å². The number of esters is 2. The molecule has 0 saturated carbocycles. The van der Waals surface area contributed by atoms with Crippen LogP contribution in [0.15, 0.2) is 72.9 Å². The molecule has 0 saturated heterocycles. The third-order valence-corrected chi connectivity index (χ3v) is 10.1. The molecule has 0 N–H and O–H groups in total. The number of carboxylic acids is 1. The maximum atomic E-state index is 12.7. The number of carbonyl (C=O) groups excluding carboxylic acids is 3. The van der Waals surface area contributed by atoms with Crippen LogP contribution in [0, 0.1) is 0 Å². The lowest BCUT2D eigenvalue weighted by molar-refractivity contribution is -0.889. The summed E-state index contributed by atoms with van der Waals surface area (Å²) in [5.41, 5.74) is 0. The molecule has 2 unspecified atom stereocenters. The van der Waals surface area contributed by atoms with E-state index in [2.05, 4.69) is 74.6 Å². The summed E-state index contributed by atoms with van der Waals surface area (Å²) in [6, 6.07) is -0.742. The molecule has 0 spiro atoms. The molecule has 0 aliphatic rings. The van der Waals surface area contributed by atoms with Gasteiger partial charge in [-0.1, -0.05) is 164 Å². The average Bonchev–Trinajstić information content (AvgIpc) is 3.19. The van der Waals surface area contributed by atoms with Crippen LogP contribution >= 0.6 is 0 Å². The molecule has 338 valence electrons. The van der Waals surface area contributed by atoms with Gasteiger partial charge in [-0.25, -0.2) is 0 Å². The summed E-state index contributed by atoms with van der Waals surface area (Å²) >= 11 is 0. The van der Waals surface area contributed by atoms with Gasteiger partial charge in [0.25, 0.3) is 0 Å². The van der Waals surface area contributed by atoms with E-state index in [0.29, 0.717) is 12.8 Å². The van der Waals surface area contributed by atoms with Crippen LogP contribution in [0.4, 0.5) is 0 Å². The summed E-state index contributed by atoms with van der Waals surface area (Å²) in [5, 5.41) is 11.6. The molecule has 0 aromatic heterocycles. The van der Waals surface area contributed by atoms with Gasteiger partial charge in [0.2, 0.25) is 0 Å². The first-order valence-electron chi connectivity index (χ1n) is 23.5. The van der Waals surface area contributed by atoms with Crippen molar-refractivity contribution in [2.45, 2.75) is 193 Å². The Hall–Kier alpha value is -3.23. The van der Waals surface area contributed by atoms with Crippen LogP contribution in [0.25, 0.3) is 0 Å². The number of likely N-dealkylation sites (N-methyl/N-ethyl adjacent to an activating group) is 1. The van der Waals surface area contributed by atoms with Crippen molar-refractivity contribution in [1.29, 1.82) is 0 Å². The highest BCUT2D eigenvalue weighted by Gasteiger charge is 2.25. The molecule has 0 heterocycles. The van der Waals surface area contributed by atoms with Crippen LogP contribution in [-0.4, -0.2) is 75.5 Å². The fourth-order valence-corrected chi connectivity index (χ4v) is 6.47. The molecule has 0 aliphatic carbocycles. The zero-order valence-corrected chi connectivity index (χ0v) is 38.4. The second kappa shape index (κ2) is 41.5. The first-order valence-corrected chi connectivity index (χ1v) is 23.5. The van der Waals surface area contributed by atoms with Crippen molar-refractivity contribution in [3.8, 4) is 0 Å². The number of carbonyl (C=O) groups is 3. The Balaban J connectivity index is 4.40. The number of hydrogen-bond donors (Lipinski definition) is 0. The third-order valence-electron chi connectivity index (χ3n) is 10.1. The van der Waals surface area contributed by atoms with E-state index in [1.165, 1.54) is 89.9 Å². The summed E-state index contributed by atoms with van der Waals surface area (Å²) in [4.78, 5) is 36.9. The number of hydrogen-bond acceptors (Lipinski definition) is 7. The Morgan fingerprint density at radius 3 is 1.47 bits per heavy atom. The standard InChI is InChI=1S/C51H87NO7/c1-6-8-10-12-14-16-18-20-22-24-25-26-28-29-31-33-35-37-39-41-49(53)58-46-47(45-57-44-43-48(51(55)56)52(3,4)5)59-50(54)42-40-38-36-34-32-30-27-23-21-19-17-15-13-11-9-7-2/h9,11,15,17,21,23-25,30,32,36,38,47-48H,6-8,10,12-14,16,18-20,22,26-29,31,33-35,37,39-46H2,1-5H3/b11-9+,17-15+,23-21+,25-24+,32-30+,38-36+. The van der Waals surface area contributed by atoms with Crippen molar-refractivity contribution in [3.05, 3.63) is 72.9 Å². The van der Waals surface area contributed by atoms with Crippen molar-refractivity contribution in [2.24, 2.45) is 0 Å². The van der Waals surface area contributed by atoms with Crippen LogP contribution in [-0.2, 0) is 28.6 Å². The number of rotatable bonds is 41.